The number of fused-ring (bicyclic) bond motifs is 1. The maximum atomic E-state index is 9.55. The first kappa shape index (κ1) is 24.4. The Morgan fingerprint density at radius 1 is 0.912 bits per heavy atom. The Bertz CT molecular complexity index is 1140. The molecule has 0 unspecified atom stereocenters. The number of aliphatic carboxylic acids is 2. The Labute approximate surface area is 197 Å². The Morgan fingerprint density at radius 2 is 1.53 bits per heavy atom. The zero-order valence-corrected chi connectivity index (χ0v) is 18.6. The van der Waals surface area contributed by atoms with Crippen LogP contribution in [0.15, 0.2) is 79.4 Å². The molecule has 4 rings (SSSR count). The van der Waals surface area contributed by atoms with E-state index in [0.717, 1.165) is 55.3 Å². The van der Waals surface area contributed by atoms with Crippen LogP contribution in [-0.4, -0.2) is 69.7 Å². The molecule has 0 amide bonds. The summed E-state index contributed by atoms with van der Waals surface area (Å²) in [5.41, 5.74) is 0.900. The first-order chi connectivity index (χ1) is 16.5. The molecule has 0 aliphatic carbocycles. The van der Waals surface area contributed by atoms with E-state index in [-0.39, 0.29) is 0 Å². The fraction of sp³-hybridized carbons (Fsp3) is 0.200. The zero-order chi connectivity index (χ0) is 24.3. The van der Waals surface area contributed by atoms with Crippen molar-refractivity contribution >= 4 is 28.8 Å². The van der Waals surface area contributed by atoms with Gasteiger partial charge in [0.15, 0.2) is 0 Å². The van der Waals surface area contributed by atoms with E-state index in [9.17, 15) is 9.59 Å². The number of aromatic nitrogens is 2. The van der Waals surface area contributed by atoms with Gasteiger partial charge in [0.05, 0.1) is 10.9 Å². The second-order valence-electron chi connectivity index (χ2n) is 7.35. The third kappa shape index (κ3) is 7.14. The van der Waals surface area contributed by atoms with Gasteiger partial charge < -0.3 is 19.8 Å². The van der Waals surface area contributed by atoms with Gasteiger partial charge in [-0.05, 0) is 24.3 Å². The number of carboxylic acid groups (broad SMARTS) is 2. The quantitative estimate of drug-likeness (QED) is 0.402. The molecule has 0 saturated carbocycles. The van der Waals surface area contributed by atoms with Crippen LogP contribution < -0.4 is 9.64 Å². The minimum atomic E-state index is -1.26. The summed E-state index contributed by atoms with van der Waals surface area (Å²) in [4.78, 5) is 33.2. The minimum absolute atomic E-state index is 0.558. The van der Waals surface area contributed by atoms with Crippen molar-refractivity contribution in [1.29, 1.82) is 0 Å². The fourth-order valence-electron chi connectivity index (χ4n) is 3.31. The van der Waals surface area contributed by atoms with E-state index < -0.39 is 11.9 Å². The summed E-state index contributed by atoms with van der Waals surface area (Å²) in [7, 11) is 0. The van der Waals surface area contributed by atoms with Gasteiger partial charge in [0.1, 0.15) is 5.75 Å². The molecule has 2 heterocycles. The van der Waals surface area contributed by atoms with Crippen LogP contribution in [-0.2, 0) is 9.59 Å². The number of anilines is 1. The van der Waals surface area contributed by atoms with Gasteiger partial charge in [-0.1, -0.05) is 36.4 Å². The smallest absolute Gasteiger partial charge is 0.328 e. The van der Waals surface area contributed by atoms with Crippen LogP contribution >= 0.6 is 0 Å². The number of hydrogen-bond donors (Lipinski definition) is 2. The molecule has 1 saturated heterocycles. The van der Waals surface area contributed by atoms with Crippen molar-refractivity contribution in [1.82, 2.24) is 14.9 Å². The topological polar surface area (TPSA) is 116 Å². The Balaban J connectivity index is 0.000000350. The predicted octanol–water partition coefficient (Wildman–Crippen LogP) is 3.44. The van der Waals surface area contributed by atoms with Gasteiger partial charge in [0.25, 0.3) is 0 Å². The fourth-order valence-corrected chi connectivity index (χ4v) is 3.31. The number of rotatable bonds is 7. The molecule has 1 aliphatic heterocycles. The third-order valence-corrected chi connectivity index (χ3v) is 4.93. The maximum Gasteiger partial charge on any atom is 0.328 e. The number of ether oxygens (including phenoxy) is 1. The summed E-state index contributed by atoms with van der Waals surface area (Å²) in [5, 5.41) is 16.5. The van der Waals surface area contributed by atoms with E-state index >= 15 is 0 Å². The molecular weight excluding hydrogens is 436 g/mol. The van der Waals surface area contributed by atoms with Crippen LogP contribution in [0.2, 0.25) is 0 Å². The van der Waals surface area contributed by atoms with Crippen molar-refractivity contribution in [2.24, 2.45) is 0 Å². The SMILES string of the molecule is C=CCN1CCN(c2nc(Oc3ccccc3)c3ccccc3n2)CC1.O=C(O)/C=C/C(=O)O. The van der Waals surface area contributed by atoms with Gasteiger partial charge in [0.2, 0.25) is 11.8 Å². The van der Waals surface area contributed by atoms with E-state index in [1.165, 1.54) is 0 Å². The van der Waals surface area contributed by atoms with Gasteiger partial charge >= 0.3 is 11.9 Å². The van der Waals surface area contributed by atoms with E-state index in [4.69, 9.17) is 24.9 Å². The van der Waals surface area contributed by atoms with E-state index in [2.05, 4.69) is 16.4 Å². The highest BCUT2D eigenvalue weighted by atomic mass is 16.5. The van der Waals surface area contributed by atoms with Crippen LogP contribution in [0.1, 0.15) is 0 Å². The molecule has 2 N–H and O–H groups in total. The molecule has 0 radical (unpaired) electrons. The predicted molar refractivity (Wildman–Crippen MR) is 129 cm³/mol. The minimum Gasteiger partial charge on any atom is -0.478 e. The molecule has 0 bridgehead atoms. The number of hydrogen-bond acceptors (Lipinski definition) is 7. The highest BCUT2D eigenvalue weighted by Gasteiger charge is 2.20. The molecule has 9 heteroatoms. The van der Waals surface area contributed by atoms with E-state index in [0.29, 0.717) is 18.0 Å². The molecule has 9 nitrogen and oxygen atoms in total. The van der Waals surface area contributed by atoms with Crippen LogP contribution in [0.4, 0.5) is 5.95 Å². The molecule has 176 valence electrons. The monoisotopic (exact) mass is 462 g/mol. The van der Waals surface area contributed by atoms with Crippen LogP contribution in [0, 0.1) is 0 Å². The first-order valence-electron chi connectivity index (χ1n) is 10.7. The van der Waals surface area contributed by atoms with Crippen LogP contribution in [0.5, 0.6) is 11.6 Å². The third-order valence-electron chi connectivity index (χ3n) is 4.93. The lowest BCUT2D eigenvalue weighted by Gasteiger charge is -2.34. The summed E-state index contributed by atoms with van der Waals surface area (Å²) in [6.07, 6.45) is 3.07. The Kier molecular flexibility index (Phi) is 8.70. The lowest BCUT2D eigenvalue weighted by Crippen LogP contribution is -2.46. The summed E-state index contributed by atoms with van der Waals surface area (Å²) < 4.78 is 6.08. The molecule has 2 aromatic carbocycles. The zero-order valence-electron chi connectivity index (χ0n) is 18.6. The van der Waals surface area contributed by atoms with Gasteiger partial charge in [0, 0.05) is 44.9 Å². The molecule has 1 aliphatic rings. The number of carboxylic acids is 2. The maximum absolute atomic E-state index is 9.55. The Morgan fingerprint density at radius 3 is 2.15 bits per heavy atom. The number of para-hydroxylation sites is 2. The van der Waals surface area contributed by atoms with Crippen molar-refractivity contribution in [3.05, 3.63) is 79.4 Å². The number of benzene rings is 2. The van der Waals surface area contributed by atoms with Crippen molar-refractivity contribution in [2.75, 3.05) is 37.6 Å². The number of carbonyl (C=O) groups is 2. The second-order valence-corrected chi connectivity index (χ2v) is 7.35. The molecule has 1 fully saturated rings. The molecular formula is C25H26N4O5. The van der Waals surface area contributed by atoms with Crippen molar-refractivity contribution in [3.8, 4) is 11.6 Å². The second kappa shape index (κ2) is 12.1. The van der Waals surface area contributed by atoms with Crippen LogP contribution in [0.25, 0.3) is 10.9 Å². The first-order valence-corrected chi connectivity index (χ1v) is 10.7. The number of piperazine rings is 1. The number of nitrogens with zero attached hydrogens (tertiary/aromatic N) is 4. The Hall–Kier alpha value is -4.24. The van der Waals surface area contributed by atoms with E-state index in [1.54, 1.807) is 0 Å². The largest absolute Gasteiger partial charge is 0.478 e. The average Bonchev–Trinajstić information content (AvgIpc) is 2.84. The molecule has 3 aromatic rings. The summed E-state index contributed by atoms with van der Waals surface area (Å²) >= 11 is 0. The molecule has 0 atom stereocenters. The van der Waals surface area contributed by atoms with Gasteiger partial charge in [-0.2, -0.15) is 4.98 Å². The van der Waals surface area contributed by atoms with E-state index in [1.807, 2.05) is 60.7 Å². The molecule has 0 spiro atoms. The van der Waals surface area contributed by atoms with Gasteiger partial charge in [-0.25, -0.2) is 14.6 Å². The highest BCUT2D eigenvalue weighted by molar-refractivity contribution is 5.89. The summed E-state index contributed by atoms with van der Waals surface area (Å²) in [6, 6.07) is 17.7. The molecule has 1 aromatic heterocycles. The highest BCUT2D eigenvalue weighted by Crippen LogP contribution is 2.29. The summed E-state index contributed by atoms with van der Waals surface area (Å²) in [6.45, 7) is 8.51. The normalized spacial score (nSPS) is 13.8. The van der Waals surface area contributed by atoms with Crippen molar-refractivity contribution in [2.45, 2.75) is 0 Å². The lowest BCUT2D eigenvalue weighted by molar-refractivity contribution is -0.134. The van der Waals surface area contributed by atoms with Gasteiger partial charge in [-0.3, -0.25) is 4.90 Å². The lowest BCUT2D eigenvalue weighted by atomic mass is 10.2. The molecule has 34 heavy (non-hydrogen) atoms. The summed E-state index contributed by atoms with van der Waals surface area (Å²) in [5.74, 6) is -0.406. The van der Waals surface area contributed by atoms with Crippen molar-refractivity contribution < 1.29 is 24.5 Å². The van der Waals surface area contributed by atoms with Crippen molar-refractivity contribution in [3.63, 3.8) is 0 Å². The van der Waals surface area contributed by atoms with Crippen LogP contribution in [0.3, 0.4) is 0 Å². The van der Waals surface area contributed by atoms with Gasteiger partial charge in [-0.15, -0.1) is 6.58 Å². The average molecular weight is 463 g/mol. The standard InChI is InChI=1S/C21H22N4O.C4H4O4/c1-2-12-24-13-15-25(16-14-24)21-22-19-11-7-6-10-18(19)20(23-21)26-17-8-4-3-5-9-17;5-3(6)1-2-4(7)8/h2-11H,1,12-16H2;1-2H,(H,5,6)(H,7,8)/b;2-1+.